The normalized spacial score (nSPS) is 10.5. The zero-order chi connectivity index (χ0) is 9.42. The first-order valence-corrected chi connectivity index (χ1v) is 3.52. The highest BCUT2D eigenvalue weighted by molar-refractivity contribution is 5.87. The summed E-state index contributed by atoms with van der Waals surface area (Å²) in [6.45, 7) is 0. The molecule has 2 aromatic rings. The smallest absolute Gasteiger partial charge is 0.295 e. The molecule has 6 nitrogen and oxygen atoms in total. The molecule has 0 aliphatic heterocycles. The fourth-order valence-corrected chi connectivity index (χ4v) is 1.18. The first-order chi connectivity index (χ1) is 6.18. The van der Waals surface area contributed by atoms with Gasteiger partial charge in [0.05, 0.1) is 22.0 Å². The van der Waals surface area contributed by atoms with Gasteiger partial charge >= 0.3 is 0 Å². The number of H-pyrrole nitrogens is 2. The lowest BCUT2D eigenvalue weighted by Crippen LogP contribution is -2.01. The molecule has 0 spiro atoms. The molecule has 66 valence electrons. The number of hydrogen-bond donors (Lipinski definition) is 2. The van der Waals surface area contributed by atoms with Crippen LogP contribution in [0.2, 0.25) is 0 Å². The van der Waals surface area contributed by atoms with Gasteiger partial charge in [0.25, 0.3) is 5.69 Å². The summed E-state index contributed by atoms with van der Waals surface area (Å²) in [7, 11) is 0. The minimum Gasteiger partial charge on any atom is -0.355 e. The number of hydrogen-bond acceptors (Lipinski definition) is 3. The molecule has 0 radical (unpaired) electrons. The molecule has 0 saturated heterocycles. The zero-order valence-corrected chi connectivity index (χ0v) is 6.40. The summed E-state index contributed by atoms with van der Waals surface area (Å²) in [4.78, 5) is 25.8. The maximum Gasteiger partial charge on any atom is 0.295 e. The quantitative estimate of drug-likeness (QED) is 0.500. The van der Waals surface area contributed by atoms with E-state index in [4.69, 9.17) is 0 Å². The number of nitrogens with zero attached hydrogens (tertiary/aromatic N) is 1. The Balaban J connectivity index is 2.83. The van der Waals surface area contributed by atoms with Crippen molar-refractivity contribution in [3.63, 3.8) is 0 Å². The molecule has 0 unspecified atom stereocenters. The first kappa shape index (κ1) is 7.53. The molecular weight excluding hydrogens is 174 g/mol. The molecular formula is C7H5N3O3. The van der Waals surface area contributed by atoms with Crippen LogP contribution in [0, 0.1) is 10.1 Å². The summed E-state index contributed by atoms with van der Waals surface area (Å²) in [5.41, 5.74) is 0.144. The zero-order valence-electron chi connectivity index (χ0n) is 6.40. The molecule has 2 N–H and O–H groups in total. The van der Waals surface area contributed by atoms with E-state index in [9.17, 15) is 14.9 Å². The SMILES string of the molecule is O=c1cc2[nH]cc([N+](=O)[O-])c2c[nH]1. The highest BCUT2D eigenvalue weighted by Gasteiger charge is 2.13. The second kappa shape index (κ2) is 2.44. The van der Waals surface area contributed by atoms with Gasteiger partial charge in [0.1, 0.15) is 0 Å². The van der Waals surface area contributed by atoms with Gasteiger partial charge in [0.15, 0.2) is 0 Å². The number of fused-ring (bicyclic) bond motifs is 1. The fourth-order valence-electron chi connectivity index (χ4n) is 1.18. The molecule has 6 heteroatoms. The number of pyridine rings is 1. The Kier molecular flexibility index (Phi) is 1.42. The minimum atomic E-state index is -0.503. The lowest BCUT2D eigenvalue weighted by atomic mass is 10.3. The van der Waals surface area contributed by atoms with Gasteiger partial charge in [0.2, 0.25) is 5.56 Å². The van der Waals surface area contributed by atoms with Gasteiger partial charge in [0, 0.05) is 12.3 Å². The second-order valence-electron chi connectivity index (χ2n) is 2.56. The van der Waals surface area contributed by atoms with Crippen molar-refractivity contribution < 1.29 is 4.92 Å². The summed E-state index contributed by atoms with van der Waals surface area (Å²) in [5, 5.41) is 10.9. The molecule has 0 aromatic carbocycles. The topological polar surface area (TPSA) is 91.8 Å². The molecule has 0 atom stereocenters. The van der Waals surface area contributed by atoms with E-state index in [1.165, 1.54) is 18.5 Å². The van der Waals surface area contributed by atoms with Crippen LogP contribution in [0.25, 0.3) is 10.9 Å². The van der Waals surface area contributed by atoms with E-state index in [1.807, 2.05) is 0 Å². The van der Waals surface area contributed by atoms with Crippen LogP contribution in [-0.2, 0) is 0 Å². The number of rotatable bonds is 1. The van der Waals surface area contributed by atoms with Crippen LogP contribution >= 0.6 is 0 Å². The Hall–Kier alpha value is -2.11. The molecule has 13 heavy (non-hydrogen) atoms. The first-order valence-electron chi connectivity index (χ1n) is 3.52. The molecule has 2 aromatic heterocycles. The number of nitrogens with one attached hydrogen (secondary N) is 2. The monoisotopic (exact) mass is 179 g/mol. The van der Waals surface area contributed by atoms with Crippen LogP contribution in [0.1, 0.15) is 0 Å². The van der Waals surface area contributed by atoms with E-state index < -0.39 is 4.92 Å². The van der Waals surface area contributed by atoms with Crippen molar-refractivity contribution in [1.82, 2.24) is 9.97 Å². The summed E-state index contributed by atoms with van der Waals surface area (Å²) < 4.78 is 0. The summed E-state index contributed by atoms with van der Waals surface area (Å²) in [6.07, 6.45) is 2.59. The number of nitro groups is 1. The van der Waals surface area contributed by atoms with Crippen LogP contribution in [0.3, 0.4) is 0 Å². The van der Waals surface area contributed by atoms with Crippen LogP contribution < -0.4 is 5.56 Å². The summed E-state index contributed by atoms with van der Waals surface area (Å²) in [5.74, 6) is 0. The minimum absolute atomic E-state index is 0.0359. The van der Waals surface area contributed by atoms with Gasteiger partial charge < -0.3 is 9.97 Å². The van der Waals surface area contributed by atoms with Crippen molar-refractivity contribution in [1.29, 1.82) is 0 Å². The maximum absolute atomic E-state index is 10.8. The third-order valence-electron chi connectivity index (χ3n) is 1.76. The Labute approximate surface area is 71.4 Å². The summed E-state index contributed by atoms with van der Waals surface area (Å²) >= 11 is 0. The standard InChI is InChI=1S/C7H5N3O3/c11-7-1-5-4(2-9-7)6(3-8-5)10(12)13/h1-3,8H,(H,9,11). The molecule has 2 heterocycles. The Morgan fingerprint density at radius 3 is 2.77 bits per heavy atom. The van der Waals surface area contributed by atoms with Crippen molar-refractivity contribution in [3.8, 4) is 0 Å². The highest BCUT2D eigenvalue weighted by atomic mass is 16.6. The van der Waals surface area contributed by atoms with Crippen molar-refractivity contribution in [3.05, 3.63) is 38.9 Å². The summed E-state index contributed by atoms with van der Waals surface area (Å²) in [6, 6.07) is 1.28. The predicted molar refractivity (Wildman–Crippen MR) is 45.6 cm³/mol. The van der Waals surface area contributed by atoms with E-state index in [1.54, 1.807) is 0 Å². The lowest BCUT2D eigenvalue weighted by molar-refractivity contribution is -0.383. The van der Waals surface area contributed by atoms with Gasteiger partial charge in [-0.05, 0) is 0 Å². The number of aromatic amines is 2. The van der Waals surface area contributed by atoms with Gasteiger partial charge in [-0.2, -0.15) is 0 Å². The average Bonchev–Trinajstić information content (AvgIpc) is 2.46. The molecule has 0 fully saturated rings. The van der Waals surface area contributed by atoms with E-state index in [0.29, 0.717) is 10.9 Å². The van der Waals surface area contributed by atoms with Gasteiger partial charge in [-0.3, -0.25) is 14.9 Å². The second-order valence-corrected chi connectivity index (χ2v) is 2.56. The van der Waals surface area contributed by atoms with Crippen molar-refractivity contribution in [2.24, 2.45) is 0 Å². The van der Waals surface area contributed by atoms with Crippen molar-refractivity contribution in [2.75, 3.05) is 0 Å². The van der Waals surface area contributed by atoms with Crippen LogP contribution in [-0.4, -0.2) is 14.9 Å². The van der Waals surface area contributed by atoms with E-state index in [0.717, 1.165) is 0 Å². The molecule has 0 bridgehead atoms. The Bertz CT molecular complexity index is 525. The highest BCUT2D eigenvalue weighted by Crippen LogP contribution is 2.22. The fraction of sp³-hybridized carbons (Fsp3) is 0. The van der Waals surface area contributed by atoms with E-state index >= 15 is 0 Å². The van der Waals surface area contributed by atoms with Crippen LogP contribution in [0.5, 0.6) is 0 Å². The Morgan fingerprint density at radius 1 is 1.31 bits per heavy atom. The average molecular weight is 179 g/mol. The van der Waals surface area contributed by atoms with E-state index in [-0.39, 0.29) is 11.2 Å². The van der Waals surface area contributed by atoms with Gasteiger partial charge in [-0.1, -0.05) is 0 Å². The van der Waals surface area contributed by atoms with Crippen molar-refractivity contribution >= 4 is 16.6 Å². The van der Waals surface area contributed by atoms with Crippen LogP contribution in [0.15, 0.2) is 23.3 Å². The van der Waals surface area contributed by atoms with Crippen molar-refractivity contribution in [2.45, 2.75) is 0 Å². The molecule has 0 aliphatic rings. The molecule has 0 saturated carbocycles. The third kappa shape index (κ3) is 1.08. The molecule has 0 aliphatic carbocycles. The van der Waals surface area contributed by atoms with Gasteiger partial charge in [-0.15, -0.1) is 0 Å². The molecule has 0 amide bonds. The maximum atomic E-state index is 10.8. The largest absolute Gasteiger partial charge is 0.355 e. The number of aromatic nitrogens is 2. The third-order valence-corrected chi connectivity index (χ3v) is 1.76. The Morgan fingerprint density at radius 2 is 2.08 bits per heavy atom. The molecule has 2 rings (SSSR count). The van der Waals surface area contributed by atoms with E-state index in [2.05, 4.69) is 9.97 Å². The van der Waals surface area contributed by atoms with Crippen LogP contribution in [0.4, 0.5) is 5.69 Å². The predicted octanol–water partition coefficient (Wildman–Crippen LogP) is 0.764. The lowest BCUT2D eigenvalue weighted by Gasteiger charge is -1.87. The van der Waals surface area contributed by atoms with Gasteiger partial charge in [-0.25, -0.2) is 0 Å².